The van der Waals surface area contributed by atoms with Gasteiger partial charge in [0.15, 0.2) is 5.65 Å². The first-order valence-electron chi connectivity index (χ1n) is 13.4. The average molecular weight is 551 g/mol. The van der Waals surface area contributed by atoms with Crippen LogP contribution in [0.4, 0.5) is 0 Å². The second-order valence-electron chi connectivity index (χ2n) is 10.2. The number of carbonyl (C=O) groups excluding carboxylic acids is 2. The molecule has 1 unspecified atom stereocenters. The van der Waals surface area contributed by atoms with E-state index < -0.39 is 0 Å². The van der Waals surface area contributed by atoms with Crippen LogP contribution in [-0.4, -0.2) is 72.8 Å². The number of benzene rings is 3. The molecule has 5 aromatic rings. The van der Waals surface area contributed by atoms with Gasteiger partial charge in [-0.3, -0.25) is 9.59 Å². The van der Waals surface area contributed by atoms with E-state index in [4.69, 9.17) is 4.98 Å². The van der Waals surface area contributed by atoms with E-state index in [2.05, 4.69) is 52.0 Å². The maximum Gasteiger partial charge on any atom is 0.254 e. The van der Waals surface area contributed by atoms with Crippen molar-refractivity contribution in [1.82, 2.24) is 29.5 Å². The second-order valence-corrected chi connectivity index (χ2v) is 11.1. The quantitative estimate of drug-likeness (QED) is 0.283. The largest absolute Gasteiger partial charge is 0.338 e. The number of rotatable bonds is 6. The van der Waals surface area contributed by atoms with Gasteiger partial charge in [0, 0.05) is 43.2 Å². The summed E-state index contributed by atoms with van der Waals surface area (Å²) < 4.78 is 2.17. The zero-order chi connectivity index (χ0) is 27.6. The van der Waals surface area contributed by atoms with Crippen LogP contribution in [0.5, 0.6) is 0 Å². The Morgan fingerprint density at radius 3 is 2.45 bits per heavy atom. The number of aryl methyl sites for hydroxylation is 1. The predicted molar refractivity (Wildman–Crippen MR) is 157 cm³/mol. The lowest BCUT2D eigenvalue weighted by Gasteiger charge is -2.40. The van der Waals surface area contributed by atoms with Gasteiger partial charge in [0.25, 0.3) is 5.91 Å². The van der Waals surface area contributed by atoms with Gasteiger partial charge in [-0.05, 0) is 43.7 Å². The van der Waals surface area contributed by atoms with Gasteiger partial charge in [-0.15, -0.1) is 10.2 Å². The fourth-order valence-electron chi connectivity index (χ4n) is 5.29. The number of piperazine rings is 1. The van der Waals surface area contributed by atoms with E-state index in [1.54, 1.807) is 0 Å². The summed E-state index contributed by atoms with van der Waals surface area (Å²) in [5.74, 6) is 0.223. The zero-order valence-electron chi connectivity index (χ0n) is 22.5. The van der Waals surface area contributed by atoms with Crippen molar-refractivity contribution in [3.63, 3.8) is 0 Å². The van der Waals surface area contributed by atoms with E-state index in [1.165, 1.54) is 17.3 Å². The van der Waals surface area contributed by atoms with Gasteiger partial charge in [0.1, 0.15) is 5.52 Å². The number of hydrogen-bond donors (Lipinski definition) is 0. The highest BCUT2D eigenvalue weighted by Gasteiger charge is 2.30. The molecule has 0 saturated carbocycles. The van der Waals surface area contributed by atoms with Crippen LogP contribution in [0, 0.1) is 6.92 Å². The van der Waals surface area contributed by atoms with Crippen LogP contribution in [0.2, 0.25) is 0 Å². The molecule has 1 aliphatic rings. The number of thioether (sulfide) groups is 1. The SMILES string of the molecule is Cc1ccc2c(c1)c1nnc(SCC(=O)N3CCN(C(=O)c4ccccc4)C(C)C3)nc1n2Cc1ccccc1. The van der Waals surface area contributed by atoms with E-state index in [1.807, 2.05) is 65.3 Å². The summed E-state index contributed by atoms with van der Waals surface area (Å²) in [7, 11) is 0. The Morgan fingerprint density at radius 2 is 1.70 bits per heavy atom. The van der Waals surface area contributed by atoms with Crippen molar-refractivity contribution in [2.75, 3.05) is 25.4 Å². The normalized spacial score (nSPS) is 15.6. The number of nitrogens with zero attached hydrogens (tertiary/aromatic N) is 6. The number of carbonyl (C=O) groups is 2. The molecule has 3 heterocycles. The number of amides is 2. The molecule has 2 amide bonds. The Balaban J connectivity index is 1.17. The van der Waals surface area contributed by atoms with E-state index in [9.17, 15) is 9.59 Å². The Kier molecular flexibility index (Phi) is 7.21. The Bertz CT molecular complexity index is 1690. The standard InChI is InChI=1S/C31H30N6O2S/c1-21-13-14-26-25(17-21)28-29(37(26)19-23-9-5-3-6-10-23)32-31(34-33-28)40-20-27(38)35-15-16-36(22(2)18-35)30(39)24-11-7-4-8-12-24/h3-14,17,22H,15-16,18-20H2,1-2H3. The number of aromatic nitrogens is 4. The summed E-state index contributed by atoms with van der Waals surface area (Å²) in [5, 5.41) is 10.4. The molecule has 1 atom stereocenters. The smallest absolute Gasteiger partial charge is 0.254 e. The monoisotopic (exact) mass is 550 g/mol. The van der Waals surface area contributed by atoms with Gasteiger partial charge in [0.2, 0.25) is 11.1 Å². The lowest BCUT2D eigenvalue weighted by molar-refractivity contribution is -0.130. The Hall–Kier alpha value is -4.24. The molecule has 40 heavy (non-hydrogen) atoms. The van der Waals surface area contributed by atoms with Crippen molar-refractivity contribution in [3.8, 4) is 0 Å². The third kappa shape index (κ3) is 5.16. The first-order chi connectivity index (χ1) is 19.5. The highest BCUT2D eigenvalue weighted by Crippen LogP contribution is 2.29. The van der Waals surface area contributed by atoms with Crippen molar-refractivity contribution in [2.24, 2.45) is 0 Å². The maximum atomic E-state index is 13.1. The lowest BCUT2D eigenvalue weighted by atomic mass is 10.1. The molecule has 1 fully saturated rings. The Labute approximate surface area is 237 Å². The molecule has 0 aliphatic carbocycles. The summed E-state index contributed by atoms with van der Waals surface area (Å²) in [5.41, 5.74) is 5.57. The fraction of sp³-hybridized carbons (Fsp3) is 0.258. The zero-order valence-corrected chi connectivity index (χ0v) is 23.3. The second kappa shape index (κ2) is 11.1. The summed E-state index contributed by atoms with van der Waals surface area (Å²) in [6.07, 6.45) is 0. The van der Waals surface area contributed by atoms with Gasteiger partial charge in [-0.2, -0.15) is 0 Å². The summed E-state index contributed by atoms with van der Waals surface area (Å²) in [4.78, 5) is 34.6. The van der Waals surface area contributed by atoms with Crippen LogP contribution in [0.1, 0.15) is 28.4 Å². The third-order valence-corrected chi connectivity index (χ3v) is 8.20. The average Bonchev–Trinajstić information content (AvgIpc) is 3.28. The topological polar surface area (TPSA) is 84.2 Å². The van der Waals surface area contributed by atoms with Gasteiger partial charge >= 0.3 is 0 Å². The number of fused-ring (bicyclic) bond motifs is 3. The van der Waals surface area contributed by atoms with Crippen molar-refractivity contribution >= 4 is 45.6 Å². The molecule has 8 nitrogen and oxygen atoms in total. The lowest BCUT2D eigenvalue weighted by Crippen LogP contribution is -2.55. The first kappa shape index (κ1) is 26.0. The molecule has 0 N–H and O–H groups in total. The van der Waals surface area contributed by atoms with Crippen molar-refractivity contribution < 1.29 is 9.59 Å². The summed E-state index contributed by atoms with van der Waals surface area (Å²) >= 11 is 1.30. The van der Waals surface area contributed by atoms with Gasteiger partial charge < -0.3 is 14.4 Å². The number of hydrogen-bond acceptors (Lipinski definition) is 6. The minimum Gasteiger partial charge on any atom is -0.338 e. The maximum absolute atomic E-state index is 13.1. The molecule has 0 radical (unpaired) electrons. The highest BCUT2D eigenvalue weighted by molar-refractivity contribution is 7.99. The predicted octanol–water partition coefficient (Wildman–Crippen LogP) is 4.80. The molecule has 6 rings (SSSR count). The van der Waals surface area contributed by atoms with Gasteiger partial charge in [-0.25, -0.2) is 4.98 Å². The van der Waals surface area contributed by atoms with E-state index in [-0.39, 0.29) is 23.6 Å². The molecule has 9 heteroatoms. The molecule has 1 aliphatic heterocycles. The minimum atomic E-state index is -0.0678. The van der Waals surface area contributed by atoms with Gasteiger partial charge in [-0.1, -0.05) is 71.9 Å². The highest BCUT2D eigenvalue weighted by atomic mass is 32.2. The van der Waals surface area contributed by atoms with Gasteiger partial charge in [0.05, 0.1) is 11.3 Å². The first-order valence-corrected chi connectivity index (χ1v) is 14.4. The fourth-order valence-corrected chi connectivity index (χ4v) is 5.98. The van der Waals surface area contributed by atoms with Crippen LogP contribution in [0.15, 0.2) is 84.0 Å². The third-order valence-electron chi connectivity index (χ3n) is 7.37. The van der Waals surface area contributed by atoms with Crippen LogP contribution < -0.4 is 0 Å². The van der Waals surface area contributed by atoms with E-state index in [0.29, 0.717) is 36.9 Å². The molecular formula is C31H30N6O2S. The summed E-state index contributed by atoms with van der Waals surface area (Å²) in [6, 6.07) is 25.8. The van der Waals surface area contributed by atoms with Crippen LogP contribution >= 0.6 is 11.8 Å². The molecule has 1 saturated heterocycles. The van der Waals surface area contributed by atoms with Crippen molar-refractivity contribution in [3.05, 3.63) is 95.6 Å². The molecule has 0 bridgehead atoms. The van der Waals surface area contributed by atoms with Crippen molar-refractivity contribution in [2.45, 2.75) is 31.6 Å². The van der Waals surface area contributed by atoms with Crippen molar-refractivity contribution in [1.29, 1.82) is 0 Å². The van der Waals surface area contributed by atoms with Crippen LogP contribution in [0.25, 0.3) is 22.1 Å². The summed E-state index contributed by atoms with van der Waals surface area (Å²) in [6.45, 7) is 6.23. The van der Waals surface area contributed by atoms with Crippen LogP contribution in [-0.2, 0) is 11.3 Å². The molecule has 202 valence electrons. The molecule has 2 aromatic heterocycles. The molecule has 3 aromatic carbocycles. The van der Waals surface area contributed by atoms with Crippen LogP contribution in [0.3, 0.4) is 0 Å². The Morgan fingerprint density at radius 1 is 0.950 bits per heavy atom. The van der Waals surface area contributed by atoms with E-state index >= 15 is 0 Å². The minimum absolute atomic E-state index is 0.00318. The molecule has 0 spiro atoms. The molecular weight excluding hydrogens is 520 g/mol. The van der Waals surface area contributed by atoms with E-state index in [0.717, 1.165) is 27.6 Å².